The second kappa shape index (κ2) is 4.17. The standard InChI is InChI=1S/C15H14N4/c1-9(16)10-5-6-14(17)12(7-10)11-3-2-4-15-13(11)8-18-19-15/h2-8H,1,16-17H2,(H,18,19). The SMILES string of the molecule is C=C(N)c1ccc(N)c(-c2cccc3[nH]ncc23)c1. The molecular weight excluding hydrogens is 236 g/mol. The molecule has 3 aromatic rings. The molecule has 4 heteroatoms. The number of aromatic amines is 1. The van der Waals surface area contributed by atoms with Crippen LogP contribution in [0.25, 0.3) is 27.7 Å². The number of nitrogens with zero attached hydrogens (tertiary/aromatic N) is 1. The first-order valence-corrected chi connectivity index (χ1v) is 5.93. The van der Waals surface area contributed by atoms with Crippen LogP contribution in [-0.4, -0.2) is 10.2 Å². The molecule has 19 heavy (non-hydrogen) atoms. The number of H-pyrrole nitrogens is 1. The Kier molecular flexibility index (Phi) is 2.49. The molecule has 0 fully saturated rings. The van der Waals surface area contributed by atoms with Gasteiger partial charge in [0, 0.05) is 22.3 Å². The summed E-state index contributed by atoms with van der Waals surface area (Å²) in [5, 5.41) is 8.06. The maximum absolute atomic E-state index is 6.08. The van der Waals surface area contributed by atoms with E-state index < -0.39 is 0 Å². The zero-order chi connectivity index (χ0) is 13.4. The summed E-state index contributed by atoms with van der Waals surface area (Å²) in [6.07, 6.45) is 1.80. The fourth-order valence-corrected chi connectivity index (χ4v) is 2.19. The molecule has 0 amide bonds. The van der Waals surface area contributed by atoms with Crippen molar-refractivity contribution in [3.63, 3.8) is 0 Å². The molecule has 1 aromatic heterocycles. The maximum Gasteiger partial charge on any atom is 0.0656 e. The molecule has 0 aliphatic carbocycles. The maximum atomic E-state index is 6.08. The summed E-state index contributed by atoms with van der Waals surface area (Å²) in [5.74, 6) is 0. The predicted molar refractivity (Wildman–Crippen MR) is 79.2 cm³/mol. The largest absolute Gasteiger partial charge is 0.399 e. The Morgan fingerprint density at radius 3 is 2.79 bits per heavy atom. The molecule has 0 saturated carbocycles. The third-order valence-electron chi connectivity index (χ3n) is 3.20. The summed E-state index contributed by atoms with van der Waals surface area (Å²) in [5.41, 5.74) is 16.9. The van der Waals surface area contributed by atoms with Gasteiger partial charge in [-0.15, -0.1) is 0 Å². The Balaban J connectivity index is 2.29. The van der Waals surface area contributed by atoms with Gasteiger partial charge in [-0.25, -0.2) is 0 Å². The molecule has 1 heterocycles. The zero-order valence-electron chi connectivity index (χ0n) is 10.4. The molecule has 0 aliphatic rings. The number of fused-ring (bicyclic) bond motifs is 1. The Morgan fingerprint density at radius 1 is 1.16 bits per heavy atom. The first-order valence-electron chi connectivity index (χ1n) is 5.93. The summed E-state index contributed by atoms with van der Waals surface area (Å²) in [6, 6.07) is 11.7. The van der Waals surface area contributed by atoms with Crippen LogP contribution < -0.4 is 11.5 Å². The molecule has 0 aliphatic heterocycles. The highest BCUT2D eigenvalue weighted by Gasteiger charge is 2.09. The minimum atomic E-state index is 0.528. The second-order valence-corrected chi connectivity index (χ2v) is 4.46. The van der Waals surface area contributed by atoms with Gasteiger partial charge >= 0.3 is 0 Å². The van der Waals surface area contributed by atoms with Crippen LogP contribution >= 0.6 is 0 Å². The average Bonchev–Trinajstić information content (AvgIpc) is 2.87. The number of nitrogens with two attached hydrogens (primary N) is 2. The van der Waals surface area contributed by atoms with Crippen LogP contribution in [0.5, 0.6) is 0 Å². The van der Waals surface area contributed by atoms with Crippen LogP contribution in [0.15, 0.2) is 49.2 Å². The molecule has 2 aromatic carbocycles. The van der Waals surface area contributed by atoms with Gasteiger partial charge in [-0.1, -0.05) is 24.8 Å². The van der Waals surface area contributed by atoms with Gasteiger partial charge < -0.3 is 11.5 Å². The van der Waals surface area contributed by atoms with Crippen molar-refractivity contribution in [1.82, 2.24) is 10.2 Å². The Morgan fingerprint density at radius 2 is 2.00 bits per heavy atom. The Bertz CT molecular complexity index is 771. The van der Waals surface area contributed by atoms with Gasteiger partial charge in [0.25, 0.3) is 0 Å². The Labute approximate surface area is 110 Å². The summed E-state index contributed by atoms with van der Waals surface area (Å²) in [7, 11) is 0. The fourth-order valence-electron chi connectivity index (χ4n) is 2.19. The first-order chi connectivity index (χ1) is 9.16. The quantitative estimate of drug-likeness (QED) is 0.612. The summed E-state index contributed by atoms with van der Waals surface area (Å²) >= 11 is 0. The molecule has 0 saturated heterocycles. The van der Waals surface area contributed by atoms with Crippen LogP contribution in [-0.2, 0) is 0 Å². The monoisotopic (exact) mass is 250 g/mol. The molecule has 5 N–H and O–H groups in total. The van der Waals surface area contributed by atoms with Gasteiger partial charge in [-0.2, -0.15) is 5.10 Å². The highest BCUT2D eigenvalue weighted by Crippen LogP contribution is 2.32. The number of aromatic nitrogens is 2. The lowest BCUT2D eigenvalue weighted by Gasteiger charge is -2.10. The molecule has 0 unspecified atom stereocenters. The average molecular weight is 250 g/mol. The van der Waals surface area contributed by atoms with Crippen molar-refractivity contribution in [3.05, 3.63) is 54.7 Å². The van der Waals surface area contributed by atoms with Gasteiger partial charge in [0.1, 0.15) is 0 Å². The van der Waals surface area contributed by atoms with Crippen LogP contribution in [0.4, 0.5) is 5.69 Å². The van der Waals surface area contributed by atoms with Gasteiger partial charge in [-0.05, 0) is 29.3 Å². The van der Waals surface area contributed by atoms with Crippen molar-refractivity contribution in [2.75, 3.05) is 5.73 Å². The lowest BCUT2D eigenvalue weighted by atomic mass is 9.97. The topological polar surface area (TPSA) is 80.7 Å². The van der Waals surface area contributed by atoms with E-state index in [1.807, 2.05) is 36.4 Å². The van der Waals surface area contributed by atoms with Crippen molar-refractivity contribution >= 4 is 22.3 Å². The van der Waals surface area contributed by atoms with Gasteiger partial charge in [-0.3, -0.25) is 5.10 Å². The number of hydrogen-bond donors (Lipinski definition) is 3. The third-order valence-corrected chi connectivity index (χ3v) is 3.20. The van der Waals surface area contributed by atoms with E-state index in [1.165, 1.54) is 0 Å². The fraction of sp³-hybridized carbons (Fsp3) is 0. The number of nitrogens with one attached hydrogen (secondary N) is 1. The van der Waals surface area contributed by atoms with Crippen LogP contribution in [0.3, 0.4) is 0 Å². The van der Waals surface area contributed by atoms with E-state index >= 15 is 0 Å². The van der Waals surface area contributed by atoms with Crippen molar-refractivity contribution in [2.24, 2.45) is 5.73 Å². The minimum Gasteiger partial charge on any atom is -0.399 e. The smallest absolute Gasteiger partial charge is 0.0656 e. The highest BCUT2D eigenvalue weighted by atomic mass is 15.1. The van der Waals surface area contributed by atoms with E-state index in [0.29, 0.717) is 11.4 Å². The van der Waals surface area contributed by atoms with Crippen molar-refractivity contribution in [3.8, 4) is 11.1 Å². The van der Waals surface area contributed by atoms with Crippen molar-refractivity contribution in [1.29, 1.82) is 0 Å². The number of benzene rings is 2. The zero-order valence-corrected chi connectivity index (χ0v) is 10.4. The molecular formula is C15H14N4. The molecule has 0 atom stereocenters. The predicted octanol–water partition coefficient (Wildman–Crippen LogP) is 2.74. The number of rotatable bonds is 2. The molecule has 94 valence electrons. The number of hydrogen-bond acceptors (Lipinski definition) is 3. The second-order valence-electron chi connectivity index (χ2n) is 4.46. The molecule has 4 nitrogen and oxygen atoms in total. The summed E-state index contributed by atoms with van der Waals surface area (Å²) < 4.78 is 0. The van der Waals surface area contributed by atoms with Crippen LogP contribution in [0, 0.1) is 0 Å². The third kappa shape index (κ3) is 1.83. The van der Waals surface area contributed by atoms with E-state index in [-0.39, 0.29) is 0 Å². The molecule has 0 bridgehead atoms. The molecule has 0 radical (unpaired) electrons. The highest BCUT2D eigenvalue weighted by molar-refractivity contribution is 5.97. The summed E-state index contributed by atoms with van der Waals surface area (Å²) in [6.45, 7) is 3.76. The lowest BCUT2D eigenvalue weighted by Crippen LogP contribution is -1.97. The van der Waals surface area contributed by atoms with Gasteiger partial charge in [0.15, 0.2) is 0 Å². The normalized spacial score (nSPS) is 10.7. The van der Waals surface area contributed by atoms with Crippen LogP contribution in [0.2, 0.25) is 0 Å². The molecule has 3 rings (SSSR count). The van der Waals surface area contributed by atoms with Crippen molar-refractivity contribution in [2.45, 2.75) is 0 Å². The van der Waals surface area contributed by atoms with Crippen LogP contribution in [0.1, 0.15) is 5.56 Å². The minimum absolute atomic E-state index is 0.528. The number of anilines is 1. The van der Waals surface area contributed by atoms with Crippen molar-refractivity contribution < 1.29 is 0 Å². The van der Waals surface area contributed by atoms with E-state index in [9.17, 15) is 0 Å². The van der Waals surface area contributed by atoms with Gasteiger partial charge in [0.05, 0.1) is 11.7 Å². The number of nitrogen functional groups attached to an aromatic ring is 1. The van der Waals surface area contributed by atoms with E-state index in [4.69, 9.17) is 11.5 Å². The first kappa shape index (κ1) is 11.3. The van der Waals surface area contributed by atoms with E-state index in [1.54, 1.807) is 6.20 Å². The Hall–Kier alpha value is -2.75. The van der Waals surface area contributed by atoms with E-state index in [0.717, 1.165) is 27.6 Å². The van der Waals surface area contributed by atoms with Gasteiger partial charge in [0.2, 0.25) is 0 Å². The summed E-state index contributed by atoms with van der Waals surface area (Å²) in [4.78, 5) is 0. The lowest BCUT2D eigenvalue weighted by molar-refractivity contribution is 1.12. The van der Waals surface area contributed by atoms with E-state index in [2.05, 4.69) is 16.8 Å². The molecule has 0 spiro atoms.